The number of benzene rings is 1. The number of rotatable bonds is 3. The lowest BCUT2D eigenvalue weighted by Crippen LogP contribution is -2.08. The SMILES string of the molecule is Cc1cc(C)c(-n2nnnc2CCO)c(C)c1. The predicted octanol–water partition coefficient (Wildman–Crippen LogP) is 1.12. The lowest BCUT2D eigenvalue weighted by atomic mass is 10.1. The highest BCUT2D eigenvalue weighted by Gasteiger charge is 2.12. The zero-order valence-electron chi connectivity index (χ0n) is 10.3. The third kappa shape index (κ3) is 2.19. The average molecular weight is 232 g/mol. The van der Waals surface area contributed by atoms with E-state index in [1.807, 2.05) is 13.8 Å². The number of hydrogen-bond acceptors (Lipinski definition) is 4. The van der Waals surface area contributed by atoms with E-state index in [9.17, 15) is 0 Å². The van der Waals surface area contributed by atoms with Crippen molar-refractivity contribution in [2.45, 2.75) is 27.2 Å². The van der Waals surface area contributed by atoms with Crippen LogP contribution in [0.15, 0.2) is 12.1 Å². The van der Waals surface area contributed by atoms with Crippen LogP contribution in [0.25, 0.3) is 5.69 Å². The summed E-state index contributed by atoms with van der Waals surface area (Å²) in [5.74, 6) is 0.683. The average Bonchev–Trinajstić information content (AvgIpc) is 2.65. The Labute approximate surface area is 100 Å². The number of tetrazole rings is 1. The summed E-state index contributed by atoms with van der Waals surface area (Å²) in [6.45, 7) is 6.20. The van der Waals surface area contributed by atoms with Gasteiger partial charge in [0, 0.05) is 6.42 Å². The summed E-state index contributed by atoms with van der Waals surface area (Å²) in [5, 5.41) is 20.6. The third-order valence-corrected chi connectivity index (χ3v) is 2.72. The van der Waals surface area contributed by atoms with Crippen molar-refractivity contribution in [3.63, 3.8) is 0 Å². The molecule has 1 aromatic heterocycles. The van der Waals surface area contributed by atoms with Gasteiger partial charge in [0.2, 0.25) is 0 Å². The fraction of sp³-hybridized carbons (Fsp3) is 0.417. The third-order valence-electron chi connectivity index (χ3n) is 2.72. The second-order valence-corrected chi connectivity index (χ2v) is 4.23. The molecule has 0 saturated carbocycles. The van der Waals surface area contributed by atoms with Crippen LogP contribution in [0, 0.1) is 20.8 Å². The fourth-order valence-electron chi connectivity index (χ4n) is 2.14. The van der Waals surface area contributed by atoms with Crippen molar-refractivity contribution in [3.05, 3.63) is 34.6 Å². The second kappa shape index (κ2) is 4.63. The molecule has 0 aliphatic rings. The molecule has 0 aliphatic carbocycles. The molecule has 0 fully saturated rings. The first-order valence-corrected chi connectivity index (χ1v) is 5.60. The molecule has 1 aromatic carbocycles. The van der Waals surface area contributed by atoms with Gasteiger partial charge in [-0.1, -0.05) is 17.7 Å². The first-order valence-electron chi connectivity index (χ1n) is 5.60. The van der Waals surface area contributed by atoms with Crippen LogP contribution < -0.4 is 0 Å². The molecule has 17 heavy (non-hydrogen) atoms. The molecular weight excluding hydrogens is 216 g/mol. The summed E-state index contributed by atoms with van der Waals surface area (Å²) < 4.78 is 1.71. The minimum Gasteiger partial charge on any atom is -0.396 e. The van der Waals surface area contributed by atoms with Crippen molar-refractivity contribution >= 4 is 0 Å². The van der Waals surface area contributed by atoms with Crippen LogP contribution in [0.5, 0.6) is 0 Å². The summed E-state index contributed by atoms with van der Waals surface area (Å²) in [6, 6.07) is 4.21. The van der Waals surface area contributed by atoms with E-state index in [1.54, 1.807) is 4.68 Å². The molecule has 0 unspecified atom stereocenters. The first kappa shape index (κ1) is 11.7. The quantitative estimate of drug-likeness (QED) is 0.861. The lowest BCUT2D eigenvalue weighted by molar-refractivity contribution is 0.295. The standard InChI is InChI=1S/C12H16N4O/c1-8-6-9(2)12(10(3)7-8)16-11(4-5-17)13-14-15-16/h6-7,17H,4-5H2,1-3H3. The Bertz CT molecular complexity index is 510. The van der Waals surface area contributed by atoms with Crippen LogP contribution in [0.4, 0.5) is 0 Å². The second-order valence-electron chi connectivity index (χ2n) is 4.23. The molecule has 0 bridgehead atoms. The molecule has 5 heteroatoms. The van der Waals surface area contributed by atoms with Crippen molar-refractivity contribution in [3.8, 4) is 5.69 Å². The Morgan fingerprint density at radius 3 is 2.41 bits per heavy atom. The summed E-state index contributed by atoms with van der Waals surface area (Å²) in [7, 11) is 0. The highest BCUT2D eigenvalue weighted by atomic mass is 16.3. The van der Waals surface area contributed by atoms with Crippen LogP contribution in [0.1, 0.15) is 22.5 Å². The van der Waals surface area contributed by atoms with Gasteiger partial charge in [-0.2, -0.15) is 4.68 Å². The maximum absolute atomic E-state index is 8.98. The van der Waals surface area contributed by atoms with Crippen LogP contribution in [0.3, 0.4) is 0 Å². The van der Waals surface area contributed by atoms with Crippen molar-refractivity contribution in [1.29, 1.82) is 0 Å². The highest BCUT2D eigenvalue weighted by Crippen LogP contribution is 2.20. The van der Waals surface area contributed by atoms with Crippen LogP contribution in [-0.4, -0.2) is 31.9 Å². The zero-order valence-corrected chi connectivity index (χ0v) is 10.3. The van der Waals surface area contributed by atoms with Crippen LogP contribution >= 0.6 is 0 Å². The number of nitrogens with zero attached hydrogens (tertiary/aromatic N) is 4. The highest BCUT2D eigenvalue weighted by molar-refractivity contribution is 5.48. The van der Waals surface area contributed by atoms with Gasteiger partial charge < -0.3 is 5.11 Å². The van der Waals surface area contributed by atoms with Gasteiger partial charge in [-0.3, -0.25) is 0 Å². The van der Waals surface area contributed by atoms with Gasteiger partial charge in [0.05, 0.1) is 12.3 Å². The molecule has 1 N–H and O–H groups in total. The van der Waals surface area contributed by atoms with E-state index in [1.165, 1.54) is 5.56 Å². The summed E-state index contributed by atoms with van der Waals surface area (Å²) in [6.07, 6.45) is 0.458. The summed E-state index contributed by atoms with van der Waals surface area (Å²) >= 11 is 0. The Balaban J connectivity index is 2.56. The first-order chi connectivity index (χ1) is 8.13. The monoisotopic (exact) mass is 232 g/mol. The van der Waals surface area contributed by atoms with Gasteiger partial charge in [0.25, 0.3) is 0 Å². The molecule has 1 heterocycles. The van der Waals surface area contributed by atoms with Gasteiger partial charge in [-0.15, -0.1) is 5.10 Å². The number of aromatic nitrogens is 4. The van der Waals surface area contributed by atoms with Gasteiger partial charge >= 0.3 is 0 Å². The summed E-state index contributed by atoms with van der Waals surface area (Å²) in [5.41, 5.74) is 4.49. The smallest absolute Gasteiger partial charge is 0.159 e. The maximum atomic E-state index is 8.98. The van der Waals surface area contributed by atoms with E-state index in [2.05, 4.69) is 34.6 Å². The van der Waals surface area contributed by atoms with Gasteiger partial charge in [-0.05, 0) is 42.3 Å². The number of aliphatic hydroxyl groups is 1. The van der Waals surface area contributed by atoms with Crippen molar-refractivity contribution in [2.75, 3.05) is 6.61 Å². The maximum Gasteiger partial charge on any atom is 0.159 e. The van der Waals surface area contributed by atoms with Crippen LogP contribution in [-0.2, 0) is 6.42 Å². The van der Waals surface area contributed by atoms with E-state index in [-0.39, 0.29) is 6.61 Å². The Morgan fingerprint density at radius 1 is 1.18 bits per heavy atom. The molecule has 2 aromatic rings. The van der Waals surface area contributed by atoms with E-state index >= 15 is 0 Å². The topological polar surface area (TPSA) is 63.8 Å². The lowest BCUT2D eigenvalue weighted by Gasteiger charge is -2.11. The molecule has 0 atom stereocenters. The van der Waals surface area contributed by atoms with Crippen molar-refractivity contribution in [2.24, 2.45) is 0 Å². The van der Waals surface area contributed by atoms with E-state index in [0.717, 1.165) is 16.8 Å². The van der Waals surface area contributed by atoms with E-state index in [0.29, 0.717) is 12.2 Å². The molecule has 2 rings (SSSR count). The fourth-order valence-corrected chi connectivity index (χ4v) is 2.14. The molecule has 90 valence electrons. The molecule has 0 aliphatic heterocycles. The number of hydrogen-bond donors (Lipinski definition) is 1. The molecular formula is C12H16N4O. The van der Waals surface area contributed by atoms with Gasteiger partial charge in [0.1, 0.15) is 0 Å². The van der Waals surface area contributed by atoms with Gasteiger partial charge in [0.15, 0.2) is 5.82 Å². The minimum atomic E-state index is 0.0460. The molecule has 0 spiro atoms. The van der Waals surface area contributed by atoms with Crippen LogP contribution in [0.2, 0.25) is 0 Å². The summed E-state index contributed by atoms with van der Waals surface area (Å²) in [4.78, 5) is 0. The number of aryl methyl sites for hydroxylation is 3. The Hall–Kier alpha value is -1.75. The predicted molar refractivity (Wildman–Crippen MR) is 64.2 cm³/mol. The minimum absolute atomic E-state index is 0.0460. The largest absolute Gasteiger partial charge is 0.396 e. The Kier molecular flexibility index (Phi) is 3.19. The molecule has 0 saturated heterocycles. The zero-order chi connectivity index (χ0) is 12.4. The number of aliphatic hydroxyl groups excluding tert-OH is 1. The normalized spacial score (nSPS) is 10.8. The molecule has 5 nitrogen and oxygen atoms in total. The van der Waals surface area contributed by atoms with Gasteiger partial charge in [-0.25, -0.2) is 0 Å². The Morgan fingerprint density at radius 2 is 1.82 bits per heavy atom. The van der Waals surface area contributed by atoms with Crippen molar-refractivity contribution in [1.82, 2.24) is 20.2 Å². The van der Waals surface area contributed by atoms with E-state index < -0.39 is 0 Å². The van der Waals surface area contributed by atoms with Crippen molar-refractivity contribution < 1.29 is 5.11 Å². The molecule has 0 radical (unpaired) electrons. The molecule has 0 amide bonds. The van der Waals surface area contributed by atoms with E-state index in [4.69, 9.17) is 5.11 Å².